The molecule has 0 saturated heterocycles. The molecule has 0 aliphatic heterocycles. The fraction of sp³-hybridized carbons (Fsp3) is 0.381. The number of esters is 1. The fourth-order valence-corrected chi connectivity index (χ4v) is 3.94. The first kappa shape index (κ1) is 22.4. The van der Waals surface area contributed by atoms with Gasteiger partial charge in [0.05, 0.1) is 24.9 Å². The van der Waals surface area contributed by atoms with Gasteiger partial charge in [-0.05, 0) is 31.9 Å². The van der Waals surface area contributed by atoms with Gasteiger partial charge < -0.3 is 15.4 Å². The Labute approximate surface area is 185 Å². The van der Waals surface area contributed by atoms with Crippen molar-refractivity contribution in [2.45, 2.75) is 39.9 Å². The third-order valence-electron chi connectivity index (χ3n) is 4.48. The molecule has 1 aromatic carbocycles. The first-order valence-electron chi connectivity index (χ1n) is 10.0. The number of hydrogen-bond donors (Lipinski definition) is 2. The van der Waals surface area contributed by atoms with E-state index in [0.29, 0.717) is 36.2 Å². The monoisotopic (exact) mass is 441 g/mol. The zero-order chi connectivity index (χ0) is 22.2. The smallest absolute Gasteiger partial charge is 0.350 e. The molecule has 164 valence electrons. The molecule has 2 aromatic heterocycles. The number of nitrogens with zero attached hydrogens (tertiary/aromatic N) is 5. The molecule has 0 saturated carbocycles. The lowest BCUT2D eigenvalue weighted by atomic mass is 10.1. The third kappa shape index (κ3) is 6.11. The molecule has 31 heavy (non-hydrogen) atoms. The summed E-state index contributed by atoms with van der Waals surface area (Å²) >= 11 is 1.34. The fourth-order valence-electron chi connectivity index (χ4n) is 2.98. The number of aryl methyl sites for hydroxylation is 1. The molecule has 0 spiro atoms. The molecule has 1 atom stereocenters. The van der Waals surface area contributed by atoms with Gasteiger partial charge in [0.15, 0.2) is 5.96 Å². The van der Waals surface area contributed by atoms with Crippen molar-refractivity contribution in [2.24, 2.45) is 4.99 Å². The Morgan fingerprint density at radius 3 is 2.87 bits per heavy atom. The second kappa shape index (κ2) is 10.7. The number of benzene rings is 1. The molecule has 3 aromatic rings. The van der Waals surface area contributed by atoms with E-state index in [4.69, 9.17) is 4.74 Å². The minimum Gasteiger partial charge on any atom is -0.462 e. The SMILES string of the molecule is CCOC(=O)c1sc(C(C)NC(=NC)NCc2cccc(Cn3cncn3)c2)nc1C. The van der Waals surface area contributed by atoms with Crippen LogP contribution in [0.2, 0.25) is 0 Å². The second-order valence-corrected chi connectivity index (χ2v) is 7.92. The number of aromatic nitrogens is 4. The van der Waals surface area contributed by atoms with Crippen LogP contribution in [0.5, 0.6) is 0 Å². The van der Waals surface area contributed by atoms with Gasteiger partial charge in [-0.15, -0.1) is 11.3 Å². The molecule has 0 amide bonds. The normalized spacial score (nSPS) is 12.5. The number of hydrogen-bond acceptors (Lipinski definition) is 7. The Balaban J connectivity index is 1.58. The molecular formula is C21H27N7O2S. The Morgan fingerprint density at radius 2 is 2.16 bits per heavy atom. The summed E-state index contributed by atoms with van der Waals surface area (Å²) in [6.07, 6.45) is 3.23. The first-order valence-corrected chi connectivity index (χ1v) is 10.8. The van der Waals surface area contributed by atoms with E-state index in [-0.39, 0.29) is 12.0 Å². The molecule has 0 aliphatic carbocycles. The lowest BCUT2D eigenvalue weighted by Gasteiger charge is -2.16. The Morgan fingerprint density at radius 1 is 1.35 bits per heavy atom. The highest BCUT2D eigenvalue weighted by Crippen LogP contribution is 2.24. The molecule has 1 unspecified atom stereocenters. The van der Waals surface area contributed by atoms with E-state index in [2.05, 4.69) is 48.9 Å². The van der Waals surface area contributed by atoms with Crippen LogP contribution >= 0.6 is 11.3 Å². The van der Waals surface area contributed by atoms with Gasteiger partial charge in [0, 0.05) is 13.6 Å². The molecule has 2 N–H and O–H groups in total. The number of rotatable bonds is 8. The lowest BCUT2D eigenvalue weighted by molar-refractivity contribution is 0.0531. The molecular weight excluding hydrogens is 414 g/mol. The largest absolute Gasteiger partial charge is 0.462 e. The summed E-state index contributed by atoms with van der Waals surface area (Å²) in [6, 6.07) is 8.16. The molecule has 10 heteroatoms. The van der Waals surface area contributed by atoms with Crippen LogP contribution in [0.3, 0.4) is 0 Å². The van der Waals surface area contributed by atoms with Crippen LogP contribution in [-0.2, 0) is 17.8 Å². The van der Waals surface area contributed by atoms with Crippen LogP contribution in [-0.4, -0.2) is 45.3 Å². The standard InChI is InChI=1S/C21H27N7O2S/c1-5-30-20(29)18-14(2)26-19(31-18)15(3)27-21(22-4)24-10-16-7-6-8-17(9-16)11-28-13-23-12-25-28/h6-9,12-13,15H,5,10-11H2,1-4H3,(H2,22,24,27). The van der Waals surface area contributed by atoms with Gasteiger partial charge in [0.1, 0.15) is 22.5 Å². The van der Waals surface area contributed by atoms with Gasteiger partial charge in [0.2, 0.25) is 0 Å². The van der Waals surface area contributed by atoms with E-state index in [1.807, 2.05) is 19.9 Å². The Bertz CT molecular complexity index is 1030. The predicted molar refractivity (Wildman–Crippen MR) is 120 cm³/mol. The van der Waals surface area contributed by atoms with Crippen molar-refractivity contribution >= 4 is 23.3 Å². The number of nitrogens with one attached hydrogen (secondary N) is 2. The zero-order valence-electron chi connectivity index (χ0n) is 18.1. The summed E-state index contributed by atoms with van der Waals surface area (Å²) in [5.74, 6) is 0.323. The molecule has 2 heterocycles. The summed E-state index contributed by atoms with van der Waals surface area (Å²) in [5.41, 5.74) is 2.95. The van der Waals surface area contributed by atoms with Crippen LogP contribution in [0.15, 0.2) is 41.9 Å². The van der Waals surface area contributed by atoms with Crippen LogP contribution < -0.4 is 10.6 Å². The number of thiazole rings is 1. The van der Waals surface area contributed by atoms with Crippen LogP contribution in [0.1, 0.15) is 51.4 Å². The number of carbonyl (C=O) groups excluding carboxylic acids is 1. The maximum Gasteiger partial charge on any atom is 0.350 e. The van der Waals surface area contributed by atoms with Gasteiger partial charge in [0.25, 0.3) is 0 Å². The topological polar surface area (TPSA) is 106 Å². The average Bonchev–Trinajstić information content (AvgIpc) is 3.41. The van der Waals surface area contributed by atoms with E-state index in [9.17, 15) is 4.79 Å². The van der Waals surface area contributed by atoms with Crippen LogP contribution in [0.4, 0.5) is 0 Å². The molecule has 0 bridgehead atoms. The van der Waals surface area contributed by atoms with Gasteiger partial charge in [-0.3, -0.25) is 4.99 Å². The van der Waals surface area contributed by atoms with E-state index in [1.165, 1.54) is 17.7 Å². The van der Waals surface area contributed by atoms with Gasteiger partial charge in [-0.1, -0.05) is 24.3 Å². The van der Waals surface area contributed by atoms with E-state index in [0.717, 1.165) is 16.1 Å². The average molecular weight is 442 g/mol. The zero-order valence-corrected chi connectivity index (χ0v) is 18.9. The maximum atomic E-state index is 12.0. The first-order chi connectivity index (χ1) is 15.0. The van der Waals surface area contributed by atoms with Crippen molar-refractivity contribution in [2.75, 3.05) is 13.7 Å². The van der Waals surface area contributed by atoms with Gasteiger partial charge in [-0.2, -0.15) is 5.10 Å². The van der Waals surface area contributed by atoms with E-state index < -0.39 is 0 Å². The quantitative estimate of drug-likeness (QED) is 0.314. The van der Waals surface area contributed by atoms with Crippen molar-refractivity contribution < 1.29 is 9.53 Å². The van der Waals surface area contributed by atoms with Gasteiger partial charge in [-0.25, -0.2) is 19.4 Å². The number of ether oxygens (including phenoxy) is 1. The lowest BCUT2D eigenvalue weighted by Crippen LogP contribution is -2.38. The van der Waals surface area contributed by atoms with Crippen molar-refractivity contribution in [3.8, 4) is 0 Å². The minimum absolute atomic E-state index is 0.114. The summed E-state index contributed by atoms with van der Waals surface area (Å²) < 4.78 is 6.89. The molecule has 0 radical (unpaired) electrons. The highest BCUT2D eigenvalue weighted by Gasteiger charge is 2.20. The number of carbonyl (C=O) groups is 1. The number of guanidine groups is 1. The van der Waals surface area contributed by atoms with Crippen molar-refractivity contribution in [1.29, 1.82) is 0 Å². The van der Waals surface area contributed by atoms with E-state index >= 15 is 0 Å². The highest BCUT2D eigenvalue weighted by atomic mass is 32.1. The van der Waals surface area contributed by atoms with Gasteiger partial charge >= 0.3 is 5.97 Å². The molecule has 3 rings (SSSR count). The molecule has 0 aliphatic rings. The minimum atomic E-state index is -0.329. The summed E-state index contributed by atoms with van der Waals surface area (Å²) in [5, 5.41) is 11.6. The van der Waals surface area contributed by atoms with E-state index in [1.54, 1.807) is 25.0 Å². The Kier molecular flexibility index (Phi) is 7.71. The number of aliphatic imine (C=N–C) groups is 1. The highest BCUT2D eigenvalue weighted by molar-refractivity contribution is 7.13. The van der Waals surface area contributed by atoms with Crippen LogP contribution in [0, 0.1) is 6.92 Å². The molecule has 9 nitrogen and oxygen atoms in total. The Hall–Kier alpha value is -3.27. The second-order valence-electron chi connectivity index (χ2n) is 6.89. The van der Waals surface area contributed by atoms with Crippen molar-refractivity contribution in [3.63, 3.8) is 0 Å². The molecule has 0 fully saturated rings. The summed E-state index contributed by atoms with van der Waals surface area (Å²) in [7, 11) is 1.72. The third-order valence-corrected chi connectivity index (χ3v) is 5.80. The van der Waals surface area contributed by atoms with Crippen molar-refractivity contribution in [1.82, 2.24) is 30.4 Å². The van der Waals surface area contributed by atoms with Crippen molar-refractivity contribution in [3.05, 3.63) is 63.6 Å². The summed E-state index contributed by atoms with van der Waals surface area (Å²) in [4.78, 5) is 25.4. The summed E-state index contributed by atoms with van der Waals surface area (Å²) in [6.45, 7) is 7.22. The predicted octanol–water partition coefficient (Wildman–Crippen LogP) is 2.69. The van der Waals surface area contributed by atoms with Crippen LogP contribution in [0.25, 0.3) is 0 Å². The maximum absolute atomic E-state index is 12.0.